The molecule has 2 aliphatic heterocycles. The molecular formula is C31H50F5N7O3. The normalized spacial score (nSPS) is 24.7. The predicted molar refractivity (Wildman–Crippen MR) is 168 cm³/mol. The second-order valence-electron chi connectivity index (χ2n) is 12.3. The van der Waals surface area contributed by atoms with Crippen molar-refractivity contribution < 1.29 is 39.3 Å². The molecule has 3 heterocycles. The lowest BCUT2D eigenvalue weighted by molar-refractivity contribution is -0.145. The summed E-state index contributed by atoms with van der Waals surface area (Å²) in [4.78, 5) is 35.9. The van der Waals surface area contributed by atoms with Gasteiger partial charge in [-0.15, -0.1) is 5.48 Å². The van der Waals surface area contributed by atoms with Crippen LogP contribution in [0.25, 0.3) is 0 Å². The van der Waals surface area contributed by atoms with Crippen molar-refractivity contribution in [2.45, 2.75) is 122 Å². The molecule has 3 fully saturated rings. The number of carbonyl (C=O) groups is 2. The summed E-state index contributed by atoms with van der Waals surface area (Å²) in [5.74, 6) is -2.89. The van der Waals surface area contributed by atoms with Gasteiger partial charge in [0.25, 0.3) is 5.91 Å². The van der Waals surface area contributed by atoms with Crippen LogP contribution in [0.2, 0.25) is 0 Å². The minimum atomic E-state index is -4.65. The van der Waals surface area contributed by atoms with Crippen molar-refractivity contribution >= 4 is 29.0 Å². The average Bonchev–Trinajstić information content (AvgIpc) is 3.96. The number of hydroxylamine groups is 1. The van der Waals surface area contributed by atoms with Crippen LogP contribution < -0.4 is 26.7 Å². The van der Waals surface area contributed by atoms with Gasteiger partial charge in [-0.05, 0) is 75.3 Å². The fourth-order valence-corrected chi connectivity index (χ4v) is 6.56. The Hall–Kier alpha value is -3.23. The molecule has 15 heteroatoms. The van der Waals surface area contributed by atoms with E-state index in [2.05, 4.69) is 31.6 Å². The van der Waals surface area contributed by atoms with Crippen LogP contribution in [0, 0.1) is 17.8 Å². The lowest BCUT2D eigenvalue weighted by Crippen LogP contribution is -2.56. The minimum absolute atomic E-state index is 0. The van der Waals surface area contributed by atoms with Gasteiger partial charge in [-0.25, -0.2) is 13.8 Å². The molecule has 0 bridgehead atoms. The predicted octanol–water partition coefficient (Wildman–Crippen LogP) is 6.12. The molecule has 3 atom stereocenters. The van der Waals surface area contributed by atoms with E-state index in [1.165, 1.54) is 6.07 Å². The lowest BCUT2D eigenvalue weighted by atomic mass is 9.69. The Balaban J connectivity index is 0.00000129. The minimum Gasteiger partial charge on any atom is -0.361 e. The fourth-order valence-electron chi connectivity index (χ4n) is 6.56. The first-order valence-electron chi connectivity index (χ1n) is 16.4. The fraction of sp³-hybridized carbons (Fsp3) is 0.742. The summed E-state index contributed by atoms with van der Waals surface area (Å²) < 4.78 is 67.0. The molecule has 3 saturated carbocycles. The van der Waals surface area contributed by atoms with Crippen LogP contribution in [0.15, 0.2) is 17.3 Å². The average molecular weight is 664 g/mol. The van der Waals surface area contributed by atoms with Crippen molar-refractivity contribution in [1.29, 1.82) is 0 Å². The molecule has 0 saturated heterocycles. The van der Waals surface area contributed by atoms with Crippen LogP contribution >= 0.6 is 0 Å². The number of nitrogens with zero attached hydrogens (tertiary/aromatic N) is 2. The van der Waals surface area contributed by atoms with Gasteiger partial charge in [-0.1, -0.05) is 32.9 Å². The van der Waals surface area contributed by atoms with Crippen molar-refractivity contribution in [1.82, 2.24) is 21.1 Å². The first-order chi connectivity index (χ1) is 21.9. The molecular weight excluding hydrogens is 613 g/mol. The third-order valence-electron chi connectivity index (χ3n) is 9.13. The Bertz CT molecular complexity index is 1260. The standard InChI is InChI=1S/C27H34F5N7O3.2C2H6.2H2/c1-13-19(39-42-38-13)23(40)36-20(18(14-2-3-14)15-4-5-15)22-34-16-6-7-17(35-21(16)37-22)25(8-10-26(28,29)11-9-25)24(41)33-12-27(30,31)32;2*1-2;;/h6-7,13-15,18,20,22,34,38H,2-5,8-12H2,1H3,(H,33,41)(H,35,37)(H,36,40);2*1-2H3;2*1H/t13?,20-,22?;;;;/m1..../s1. The highest BCUT2D eigenvalue weighted by molar-refractivity contribution is 6.41. The summed E-state index contributed by atoms with van der Waals surface area (Å²) >= 11 is 0. The van der Waals surface area contributed by atoms with E-state index in [-0.39, 0.29) is 51.0 Å². The topological polar surface area (TPSA) is 129 Å². The molecule has 6 rings (SSSR count). The van der Waals surface area contributed by atoms with Crippen LogP contribution in [0.3, 0.4) is 0 Å². The van der Waals surface area contributed by atoms with E-state index >= 15 is 0 Å². The van der Waals surface area contributed by atoms with Crippen molar-refractivity contribution in [3.8, 4) is 0 Å². The van der Waals surface area contributed by atoms with E-state index in [0.717, 1.165) is 25.7 Å². The Labute approximate surface area is 269 Å². The maximum absolute atomic E-state index is 14.1. The van der Waals surface area contributed by atoms with Gasteiger partial charge in [0.15, 0.2) is 11.5 Å². The molecule has 0 spiro atoms. The molecule has 1 aromatic rings. The van der Waals surface area contributed by atoms with Gasteiger partial charge in [-0.3, -0.25) is 14.5 Å². The summed E-state index contributed by atoms with van der Waals surface area (Å²) in [5.41, 5.74) is 1.93. The van der Waals surface area contributed by atoms with Gasteiger partial charge in [0.05, 0.1) is 28.9 Å². The van der Waals surface area contributed by atoms with E-state index in [4.69, 9.17) is 4.94 Å². The number of rotatable bonds is 9. The van der Waals surface area contributed by atoms with Gasteiger partial charge in [-0.2, -0.15) is 13.2 Å². The summed E-state index contributed by atoms with van der Waals surface area (Å²) in [6, 6.07) is 2.42. The SMILES string of the molecule is CC.CC.CC1NON=C1C(=O)N[C@@H](C1Nc2ccc(C3(C(=O)NCC(F)(F)F)CCC(F)(F)CC3)nc2N1)C(C1CC1)C1CC1.[HH].[HH]. The number of halogens is 5. The largest absolute Gasteiger partial charge is 0.405 e. The number of nitrogens with one attached hydrogen (secondary N) is 5. The summed E-state index contributed by atoms with van der Waals surface area (Å²) in [6.45, 7) is 8.20. The number of anilines is 2. The third-order valence-corrected chi connectivity index (χ3v) is 9.13. The Morgan fingerprint density at radius 2 is 1.63 bits per heavy atom. The van der Waals surface area contributed by atoms with Gasteiger partial charge in [0.1, 0.15) is 12.7 Å². The molecule has 2 unspecified atom stereocenters. The van der Waals surface area contributed by atoms with Crippen molar-refractivity contribution in [2.75, 3.05) is 17.2 Å². The number of oxime groups is 1. The van der Waals surface area contributed by atoms with Crippen LogP contribution in [-0.4, -0.2) is 59.4 Å². The quantitative estimate of drug-likeness (QED) is 0.202. The van der Waals surface area contributed by atoms with Gasteiger partial charge in [0, 0.05) is 15.7 Å². The molecule has 5 aliphatic rings. The molecule has 3 aliphatic carbocycles. The number of hydrogen-bond donors (Lipinski definition) is 5. The molecule has 5 N–H and O–H groups in total. The molecule has 262 valence electrons. The number of hydrogen-bond acceptors (Lipinski definition) is 8. The zero-order valence-corrected chi connectivity index (χ0v) is 27.0. The van der Waals surface area contributed by atoms with E-state index < -0.39 is 49.0 Å². The molecule has 10 nitrogen and oxygen atoms in total. The van der Waals surface area contributed by atoms with E-state index in [0.29, 0.717) is 23.3 Å². The zero-order chi connectivity index (χ0) is 33.9. The Morgan fingerprint density at radius 3 is 2.15 bits per heavy atom. The first-order valence-corrected chi connectivity index (χ1v) is 16.4. The number of aromatic nitrogens is 1. The monoisotopic (exact) mass is 663 g/mol. The highest BCUT2D eigenvalue weighted by Gasteiger charge is 2.52. The van der Waals surface area contributed by atoms with Crippen molar-refractivity contribution in [2.24, 2.45) is 22.9 Å². The van der Waals surface area contributed by atoms with Crippen LogP contribution in [0.1, 0.15) is 94.5 Å². The number of fused-ring (bicyclic) bond motifs is 1. The molecule has 1 aromatic heterocycles. The van der Waals surface area contributed by atoms with E-state index in [1.54, 1.807) is 13.0 Å². The van der Waals surface area contributed by atoms with Crippen LogP contribution in [0.5, 0.6) is 0 Å². The van der Waals surface area contributed by atoms with Crippen molar-refractivity contribution in [3.05, 3.63) is 17.8 Å². The highest BCUT2D eigenvalue weighted by atomic mass is 19.4. The molecule has 46 heavy (non-hydrogen) atoms. The number of carbonyl (C=O) groups excluding carboxylic acids is 2. The highest BCUT2D eigenvalue weighted by Crippen LogP contribution is 2.52. The zero-order valence-electron chi connectivity index (χ0n) is 27.0. The number of amides is 2. The van der Waals surface area contributed by atoms with Gasteiger partial charge in [0.2, 0.25) is 11.8 Å². The number of pyridine rings is 1. The first kappa shape index (κ1) is 35.6. The second-order valence-corrected chi connectivity index (χ2v) is 12.3. The summed E-state index contributed by atoms with van der Waals surface area (Å²) in [7, 11) is 0. The van der Waals surface area contributed by atoms with Crippen LogP contribution in [0.4, 0.5) is 33.5 Å². The van der Waals surface area contributed by atoms with E-state index in [9.17, 15) is 31.5 Å². The Kier molecular flexibility index (Phi) is 11.0. The maximum atomic E-state index is 14.1. The van der Waals surface area contributed by atoms with E-state index in [1.807, 2.05) is 33.0 Å². The molecule has 0 aromatic carbocycles. The lowest BCUT2D eigenvalue weighted by Gasteiger charge is -2.38. The Morgan fingerprint density at radius 1 is 1.02 bits per heavy atom. The summed E-state index contributed by atoms with van der Waals surface area (Å²) in [6.07, 6.45) is -2.82. The van der Waals surface area contributed by atoms with Crippen molar-refractivity contribution in [3.63, 3.8) is 0 Å². The molecule has 0 radical (unpaired) electrons. The smallest absolute Gasteiger partial charge is 0.361 e. The van der Waals surface area contributed by atoms with Gasteiger partial charge >= 0.3 is 6.18 Å². The maximum Gasteiger partial charge on any atom is 0.405 e. The molecule has 2 amide bonds. The summed E-state index contributed by atoms with van der Waals surface area (Å²) in [5, 5.41) is 15.6. The van der Waals surface area contributed by atoms with Gasteiger partial charge < -0.3 is 21.3 Å². The number of alkyl halides is 5. The van der Waals surface area contributed by atoms with Crippen LogP contribution in [-0.2, 0) is 19.9 Å². The second kappa shape index (κ2) is 14.3. The third kappa shape index (κ3) is 8.00.